The number of rotatable bonds is 8. The summed E-state index contributed by atoms with van der Waals surface area (Å²) in [6.45, 7) is 0.170. The molecule has 2 heterocycles. The molecule has 1 saturated carbocycles. The molecule has 0 radical (unpaired) electrons. The van der Waals surface area contributed by atoms with E-state index in [1.807, 2.05) is 12.1 Å². The lowest BCUT2D eigenvalue weighted by Crippen LogP contribution is -2.53. The number of hydrazine groups is 1. The Kier molecular flexibility index (Phi) is 8.70. The van der Waals surface area contributed by atoms with Crippen molar-refractivity contribution in [1.82, 2.24) is 9.91 Å². The molecule has 2 aliphatic carbocycles. The van der Waals surface area contributed by atoms with Gasteiger partial charge in [-0.25, -0.2) is 0 Å². The van der Waals surface area contributed by atoms with Gasteiger partial charge in [0, 0.05) is 17.5 Å². The first kappa shape index (κ1) is 34.7. The molecule has 8 rings (SSSR count). The number of carbonyl (C=O) groups excluding carboxylic acids is 4. The maximum atomic E-state index is 15.3. The Labute approximate surface area is 315 Å². The van der Waals surface area contributed by atoms with Crippen molar-refractivity contribution in [3.63, 3.8) is 0 Å². The number of likely N-dealkylation sites (tertiary alicyclic amines) is 1. The monoisotopic (exact) mass is 751 g/mol. The summed E-state index contributed by atoms with van der Waals surface area (Å²) in [5.41, 5.74) is 4.55. The zero-order valence-corrected chi connectivity index (χ0v) is 30.1. The van der Waals surface area contributed by atoms with E-state index < -0.39 is 46.8 Å². The summed E-state index contributed by atoms with van der Waals surface area (Å²) in [6.07, 6.45) is 2.79. The summed E-state index contributed by atoms with van der Waals surface area (Å²) in [7, 11) is 1.54. The van der Waals surface area contributed by atoms with Crippen molar-refractivity contribution in [2.24, 2.45) is 23.7 Å². The van der Waals surface area contributed by atoms with Crippen LogP contribution in [0.1, 0.15) is 35.4 Å². The second-order valence-electron chi connectivity index (χ2n) is 14.1. The number of fused-ring (bicyclic) bond motifs is 4. The second kappa shape index (κ2) is 13.3. The first-order valence-corrected chi connectivity index (χ1v) is 18.1. The molecule has 2 aliphatic heterocycles. The minimum Gasteiger partial charge on any atom is -0.508 e. The highest BCUT2D eigenvalue weighted by Gasteiger charge is 2.70. The number of ether oxygens (including phenoxy) is 1. The highest BCUT2D eigenvalue weighted by molar-refractivity contribution is 6.36. The number of amides is 4. The summed E-state index contributed by atoms with van der Waals surface area (Å²) in [5.74, 6) is -4.63. The average molecular weight is 753 g/mol. The molecule has 3 fully saturated rings. The number of nitrogens with one attached hydrogen (secondary N) is 1. The first-order valence-electron chi connectivity index (χ1n) is 17.4. The third-order valence-electron chi connectivity index (χ3n) is 11.4. The molecule has 3 N–H and O–H groups in total. The van der Waals surface area contributed by atoms with Crippen LogP contribution in [0.3, 0.4) is 0 Å². The van der Waals surface area contributed by atoms with Crippen LogP contribution in [0.4, 0.5) is 5.69 Å². The number of phenols is 2. The van der Waals surface area contributed by atoms with Gasteiger partial charge in [0.25, 0.3) is 11.8 Å². The fourth-order valence-electron chi connectivity index (χ4n) is 9.11. The maximum absolute atomic E-state index is 15.3. The Bertz CT molecular complexity index is 2190. The van der Waals surface area contributed by atoms with E-state index in [9.17, 15) is 24.6 Å². The van der Waals surface area contributed by atoms with Crippen molar-refractivity contribution in [2.45, 2.75) is 30.6 Å². The SMILES string of the molecule is COc1ccc(C23C(=O)N(Nc4ccc(Cl)cc4Cl)C(=O)C2CC2C(=CCC4C(=O)N(CCc5ccc(O)cc5)C(=O)C42)C3c2cccc(O)c2)cc1. The third kappa shape index (κ3) is 5.54. The summed E-state index contributed by atoms with van der Waals surface area (Å²) in [4.78, 5) is 59.8. The van der Waals surface area contributed by atoms with E-state index in [0.717, 1.165) is 16.1 Å². The van der Waals surface area contributed by atoms with E-state index in [4.69, 9.17) is 27.9 Å². The van der Waals surface area contributed by atoms with Gasteiger partial charge in [-0.2, -0.15) is 5.01 Å². The second-order valence-corrected chi connectivity index (χ2v) is 14.9. The van der Waals surface area contributed by atoms with Gasteiger partial charge in [0.05, 0.1) is 41.0 Å². The van der Waals surface area contributed by atoms with Gasteiger partial charge in [0.2, 0.25) is 11.8 Å². The van der Waals surface area contributed by atoms with Gasteiger partial charge in [0.15, 0.2) is 0 Å². The Morgan fingerprint density at radius 1 is 0.849 bits per heavy atom. The van der Waals surface area contributed by atoms with E-state index in [1.54, 1.807) is 79.9 Å². The van der Waals surface area contributed by atoms with Gasteiger partial charge < -0.3 is 14.9 Å². The minimum atomic E-state index is -1.53. The number of aromatic hydroxyl groups is 2. The van der Waals surface area contributed by atoms with Gasteiger partial charge >= 0.3 is 0 Å². The van der Waals surface area contributed by atoms with E-state index in [0.29, 0.717) is 34.0 Å². The average Bonchev–Trinajstić information content (AvgIpc) is 3.52. The molecule has 6 unspecified atom stereocenters. The third-order valence-corrected chi connectivity index (χ3v) is 12.0. The molecule has 4 aliphatic rings. The smallest absolute Gasteiger partial charge is 0.260 e. The summed E-state index contributed by atoms with van der Waals surface area (Å²) in [6, 6.07) is 25.0. The molecule has 270 valence electrons. The number of phenolic OH excluding ortho intramolecular Hbond substituents is 2. The molecule has 4 amide bonds. The Morgan fingerprint density at radius 3 is 2.30 bits per heavy atom. The van der Waals surface area contributed by atoms with Crippen LogP contribution in [0.5, 0.6) is 17.2 Å². The molecule has 4 aromatic carbocycles. The lowest BCUT2D eigenvalue weighted by molar-refractivity contribution is -0.141. The number of anilines is 1. The summed E-state index contributed by atoms with van der Waals surface area (Å²) < 4.78 is 5.45. The van der Waals surface area contributed by atoms with E-state index in [2.05, 4.69) is 5.43 Å². The highest BCUT2D eigenvalue weighted by atomic mass is 35.5. The summed E-state index contributed by atoms with van der Waals surface area (Å²) in [5, 5.41) is 22.1. The van der Waals surface area contributed by atoms with Gasteiger partial charge in [-0.3, -0.25) is 29.5 Å². The number of methoxy groups -OCH3 is 1. The first-order chi connectivity index (χ1) is 25.5. The molecule has 0 aromatic heterocycles. The van der Waals surface area contributed by atoms with E-state index in [1.165, 1.54) is 17.0 Å². The molecular weight excluding hydrogens is 717 g/mol. The van der Waals surface area contributed by atoms with Crippen molar-refractivity contribution >= 4 is 52.5 Å². The van der Waals surface area contributed by atoms with Crippen LogP contribution in [0.25, 0.3) is 0 Å². The molecular formula is C41H35Cl2N3O7. The van der Waals surface area contributed by atoms with E-state index in [-0.39, 0.29) is 47.7 Å². The maximum Gasteiger partial charge on any atom is 0.260 e. The van der Waals surface area contributed by atoms with Crippen LogP contribution in [-0.4, -0.2) is 57.4 Å². The predicted octanol–water partition coefficient (Wildman–Crippen LogP) is 6.64. The molecule has 2 saturated heterocycles. The number of imide groups is 2. The fourth-order valence-corrected chi connectivity index (χ4v) is 9.56. The van der Waals surface area contributed by atoms with Crippen molar-refractivity contribution < 1.29 is 34.1 Å². The van der Waals surface area contributed by atoms with Crippen LogP contribution < -0.4 is 10.2 Å². The Hall–Kier alpha value is -5.32. The van der Waals surface area contributed by atoms with Crippen molar-refractivity contribution in [2.75, 3.05) is 19.1 Å². The molecule has 6 atom stereocenters. The minimum absolute atomic E-state index is 0.0208. The topological polar surface area (TPSA) is 136 Å². The van der Waals surface area contributed by atoms with Crippen LogP contribution in [0.15, 0.2) is 103 Å². The molecule has 4 aromatic rings. The lowest BCUT2D eigenvalue weighted by atomic mass is 9.49. The van der Waals surface area contributed by atoms with Gasteiger partial charge in [-0.05, 0) is 96.5 Å². The van der Waals surface area contributed by atoms with Crippen molar-refractivity contribution in [3.8, 4) is 17.2 Å². The number of allylic oxidation sites excluding steroid dienone is 2. The van der Waals surface area contributed by atoms with Crippen LogP contribution >= 0.6 is 23.2 Å². The molecule has 0 spiro atoms. The van der Waals surface area contributed by atoms with Crippen LogP contribution in [0.2, 0.25) is 10.0 Å². The Balaban J connectivity index is 1.26. The predicted molar refractivity (Wildman–Crippen MR) is 197 cm³/mol. The van der Waals surface area contributed by atoms with Crippen molar-refractivity contribution in [3.05, 3.63) is 129 Å². The van der Waals surface area contributed by atoms with Crippen LogP contribution in [0, 0.1) is 23.7 Å². The number of benzene rings is 4. The fraction of sp³-hybridized carbons (Fsp3) is 0.268. The number of carbonyl (C=O) groups is 4. The number of hydrogen-bond donors (Lipinski definition) is 3. The van der Waals surface area contributed by atoms with E-state index >= 15 is 4.79 Å². The van der Waals surface area contributed by atoms with Gasteiger partial charge in [-0.1, -0.05) is 71.2 Å². The standard InChI is InChI=1S/C41H35Cl2N3O7/c1-53-28-12-7-24(8-13-28)41-32(38(50)46(40(41)52)44-34-16-9-25(42)20-33(34)43)21-31-29(36(41)23-3-2-4-27(48)19-23)14-15-30-35(31)39(51)45(37(30)49)18-17-22-5-10-26(47)11-6-22/h2-14,16,19-20,30-32,35-36,44,47-48H,15,17-18,21H2,1H3. The van der Waals surface area contributed by atoms with Gasteiger partial charge in [-0.15, -0.1) is 0 Å². The molecule has 0 bridgehead atoms. The summed E-state index contributed by atoms with van der Waals surface area (Å²) >= 11 is 12.7. The lowest BCUT2D eigenvalue weighted by Gasteiger charge is -2.50. The van der Waals surface area contributed by atoms with Crippen molar-refractivity contribution in [1.29, 1.82) is 0 Å². The zero-order chi connectivity index (χ0) is 37.2. The quantitative estimate of drug-likeness (QED) is 0.135. The number of nitrogens with zero attached hydrogens (tertiary/aromatic N) is 2. The van der Waals surface area contributed by atoms with Crippen LogP contribution in [-0.2, 0) is 31.0 Å². The molecule has 53 heavy (non-hydrogen) atoms. The Morgan fingerprint density at radius 2 is 1.60 bits per heavy atom. The normalized spacial score (nSPS) is 26.2. The number of halogens is 2. The highest BCUT2D eigenvalue weighted by Crippen LogP contribution is 2.64. The zero-order valence-electron chi connectivity index (χ0n) is 28.5. The number of hydrogen-bond acceptors (Lipinski definition) is 8. The molecule has 12 heteroatoms. The largest absolute Gasteiger partial charge is 0.508 e. The molecule has 10 nitrogen and oxygen atoms in total. The van der Waals surface area contributed by atoms with Gasteiger partial charge in [0.1, 0.15) is 17.2 Å².